The number of hydrogen-bond donors (Lipinski definition) is 4. The molecule has 0 radical (unpaired) electrons. The molecular formula is C46H42O8. The van der Waals surface area contributed by atoms with E-state index < -0.39 is 34.7 Å². The van der Waals surface area contributed by atoms with Gasteiger partial charge in [-0.1, -0.05) is 90.1 Å². The summed E-state index contributed by atoms with van der Waals surface area (Å²) in [7, 11) is 0. The molecule has 6 rings (SSSR count). The normalized spacial score (nSPS) is 11.9. The number of hydrogen-bond acceptors (Lipinski definition) is 4. The van der Waals surface area contributed by atoms with Crippen molar-refractivity contribution in [2.75, 3.05) is 0 Å². The van der Waals surface area contributed by atoms with Gasteiger partial charge in [-0.15, -0.1) is 0 Å². The van der Waals surface area contributed by atoms with Gasteiger partial charge in [0.1, 0.15) is 0 Å². The standard InChI is InChI=1S/C46H42O8/c1-23-31-17-29(45(3,4)5)19-33(23)39(25-9-13-27(14-10-25)41(47)48)40(26-11-15-28(16-12-26)42(49)50)34-20-30(46(6,7)8)18-32(24(34)2)36-22-38(44(53)54)37(43(51)52)21-35(31)36/h9-22H,1-8H3,(H,47,48)(H,49,50)(H,51,52)(H,53,54). The van der Waals surface area contributed by atoms with Crippen LogP contribution in [0.1, 0.15) is 105 Å². The summed E-state index contributed by atoms with van der Waals surface area (Å²) in [6, 6.07) is 24.6. The molecule has 0 amide bonds. The summed E-state index contributed by atoms with van der Waals surface area (Å²) in [6.07, 6.45) is 0. The molecule has 6 aromatic carbocycles. The summed E-state index contributed by atoms with van der Waals surface area (Å²) in [5, 5.41) is 44.5. The maximum atomic E-state index is 12.7. The number of carboxylic acid groups (broad SMARTS) is 4. The molecule has 0 aliphatic carbocycles. The second-order valence-corrected chi connectivity index (χ2v) is 16.0. The Morgan fingerprint density at radius 3 is 0.963 bits per heavy atom. The first kappa shape index (κ1) is 37.5. The molecule has 0 saturated carbocycles. The van der Waals surface area contributed by atoms with Gasteiger partial charge in [-0.05, 0) is 138 Å². The minimum absolute atomic E-state index is 0.116. The zero-order valence-electron chi connectivity index (χ0n) is 31.5. The average molecular weight is 723 g/mol. The van der Waals surface area contributed by atoms with Gasteiger partial charge in [0.25, 0.3) is 0 Å². The van der Waals surface area contributed by atoms with Gasteiger partial charge in [0, 0.05) is 0 Å². The van der Waals surface area contributed by atoms with Gasteiger partial charge in [-0.25, -0.2) is 19.2 Å². The zero-order chi connectivity index (χ0) is 39.6. The van der Waals surface area contributed by atoms with Gasteiger partial charge in [0.05, 0.1) is 22.3 Å². The van der Waals surface area contributed by atoms with Crippen molar-refractivity contribution in [3.8, 4) is 22.3 Å². The molecule has 0 unspecified atom stereocenters. The van der Waals surface area contributed by atoms with E-state index >= 15 is 0 Å². The topological polar surface area (TPSA) is 149 Å². The maximum absolute atomic E-state index is 12.7. The monoisotopic (exact) mass is 722 g/mol. The van der Waals surface area contributed by atoms with Gasteiger partial charge in [0.15, 0.2) is 0 Å². The highest BCUT2D eigenvalue weighted by molar-refractivity contribution is 6.18. The molecule has 4 N–H and O–H groups in total. The number of carboxylic acids is 4. The number of rotatable bonds is 6. The summed E-state index contributed by atoms with van der Waals surface area (Å²) in [4.78, 5) is 49.4. The lowest BCUT2D eigenvalue weighted by Gasteiger charge is -2.25. The molecule has 0 saturated heterocycles. The predicted octanol–water partition coefficient (Wildman–Crippen LogP) is 11.0. The van der Waals surface area contributed by atoms with Crippen LogP contribution in [0.3, 0.4) is 0 Å². The van der Waals surface area contributed by atoms with E-state index in [2.05, 4.69) is 53.7 Å². The van der Waals surface area contributed by atoms with Gasteiger partial charge in [-0.2, -0.15) is 0 Å². The molecule has 8 nitrogen and oxygen atoms in total. The Kier molecular flexibility index (Phi) is 9.22. The third-order valence-corrected chi connectivity index (χ3v) is 10.4. The van der Waals surface area contributed by atoms with E-state index in [0.717, 1.165) is 54.9 Å². The first-order chi connectivity index (χ1) is 25.2. The molecule has 54 heavy (non-hydrogen) atoms. The molecule has 0 spiro atoms. The highest BCUT2D eigenvalue weighted by atomic mass is 16.4. The van der Waals surface area contributed by atoms with E-state index in [1.54, 1.807) is 48.5 Å². The molecular weight excluding hydrogens is 680 g/mol. The summed E-state index contributed by atoms with van der Waals surface area (Å²) in [5.41, 5.74) is 5.18. The number of aromatic carboxylic acids is 4. The van der Waals surface area contributed by atoms with Gasteiger partial charge >= 0.3 is 23.9 Å². The SMILES string of the molecule is Cc1c2cc(C(C)(C)C)cc1c1cc(C(=O)O)c(C(=O)O)cc1c1cc(C(C)(C)C)cc(c(-c3ccc(C(=O)O)cc3)c2-c2ccc(C(=O)O)cc2)c1C. The molecule has 6 aromatic rings. The van der Waals surface area contributed by atoms with Crippen LogP contribution >= 0.6 is 0 Å². The number of carbonyl (C=O) groups is 4. The maximum Gasteiger partial charge on any atom is 0.336 e. The summed E-state index contributed by atoms with van der Waals surface area (Å²) < 4.78 is 0. The van der Waals surface area contributed by atoms with E-state index in [1.165, 1.54) is 12.1 Å². The molecule has 0 aliphatic rings. The molecule has 0 aliphatic heterocycles. The number of fused-ring (bicyclic) bond motifs is 7. The highest BCUT2D eigenvalue weighted by Crippen LogP contribution is 2.46. The Labute approximate surface area is 313 Å². The Hall–Kier alpha value is -6.28. The van der Waals surface area contributed by atoms with Crippen molar-refractivity contribution in [3.63, 3.8) is 0 Å². The van der Waals surface area contributed by atoms with Gasteiger partial charge in [-0.3, -0.25) is 0 Å². The lowest BCUT2D eigenvalue weighted by molar-refractivity contribution is 0.0652. The van der Waals surface area contributed by atoms with Crippen LogP contribution in [0, 0.1) is 13.8 Å². The number of benzene rings is 5. The van der Waals surface area contributed by atoms with Crippen molar-refractivity contribution >= 4 is 56.2 Å². The molecule has 0 aromatic heterocycles. The fourth-order valence-electron chi connectivity index (χ4n) is 7.20. The van der Waals surface area contributed by atoms with E-state index in [1.807, 2.05) is 26.0 Å². The average Bonchev–Trinajstić information content (AvgIpc) is 3.09. The van der Waals surface area contributed by atoms with Crippen molar-refractivity contribution in [2.24, 2.45) is 0 Å². The van der Waals surface area contributed by atoms with Crippen LogP contribution in [0.4, 0.5) is 0 Å². The Bertz CT molecular complexity index is 2430. The Morgan fingerprint density at radius 2 is 0.704 bits per heavy atom. The van der Waals surface area contributed by atoms with Crippen LogP contribution in [0.2, 0.25) is 0 Å². The zero-order valence-corrected chi connectivity index (χ0v) is 31.5. The first-order valence-corrected chi connectivity index (χ1v) is 17.6. The van der Waals surface area contributed by atoms with Crippen molar-refractivity contribution in [3.05, 3.63) is 129 Å². The van der Waals surface area contributed by atoms with E-state index in [9.17, 15) is 39.6 Å². The van der Waals surface area contributed by atoms with E-state index in [-0.39, 0.29) is 22.3 Å². The molecule has 0 heterocycles. The highest BCUT2D eigenvalue weighted by Gasteiger charge is 2.25. The minimum Gasteiger partial charge on any atom is -0.478 e. The molecule has 4 bridgehead atoms. The van der Waals surface area contributed by atoms with Crippen LogP contribution in [0.5, 0.6) is 0 Å². The summed E-state index contributed by atoms with van der Waals surface area (Å²) in [5.74, 6) is -4.85. The smallest absolute Gasteiger partial charge is 0.336 e. The van der Waals surface area contributed by atoms with Crippen LogP contribution in [-0.4, -0.2) is 44.3 Å². The third-order valence-electron chi connectivity index (χ3n) is 10.4. The molecule has 0 atom stereocenters. The van der Waals surface area contributed by atoms with Crippen molar-refractivity contribution in [1.82, 2.24) is 0 Å². The van der Waals surface area contributed by atoms with Crippen molar-refractivity contribution < 1.29 is 39.6 Å². The van der Waals surface area contributed by atoms with Crippen LogP contribution in [-0.2, 0) is 10.8 Å². The first-order valence-electron chi connectivity index (χ1n) is 17.6. The molecule has 274 valence electrons. The Balaban J connectivity index is 2.09. The third kappa shape index (κ3) is 6.60. The number of aryl methyl sites for hydroxylation is 2. The summed E-state index contributed by atoms with van der Waals surface area (Å²) >= 11 is 0. The largest absolute Gasteiger partial charge is 0.478 e. The lowest BCUT2D eigenvalue weighted by Crippen LogP contribution is -2.12. The van der Waals surface area contributed by atoms with Gasteiger partial charge in [0.2, 0.25) is 0 Å². The fraction of sp³-hybridized carbons (Fsp3) is 0.217. The van der Waals surface area contributed by atoms with Gasteiger partial charge < -0.3 is 20.4 Å². The summed E-state index contributed by atoms with van der Waals surface area (Å²) in [6.45, 7) is 16.4. The second-order valence-electron chi connectivity index (χ2n) is 16.0. The predicted molar refractivity (Wildman–Crippen MR) is 213 cm³/mol. The van der Waals surface area contributed by atoms with E-state index in [0.29, 0.717) is 21.9 Å². The van der Waals surface area contributed by atoms with Crippen LogP contribution in [0.15, 0.2) is 84.9 Å². The fourth-order valence-corrected chi connectivity index (χ4v) is 7.20. The molecule has 8 heteroatoms. The Morgan fingerprint density at radius 1 is 0.407 bits per heavy atom. The lowest BCUT2D eigenvalue weighted by atomic mass is 9.79. The van der Waals surface area contributed by atoms with Crippen LogP contribution in [0.25, 0.3) is 54.6 Å². The van der Waals surface area contributed by atoms with Crippen LogP contribution < -0.4 is 0 Å². The minimum atomic E-state index is -1.36. The van der Waals surface area contributed by atoms with Crippen molar-refractivity contribution in [2.45, 2.75) is 66.2 Å². The second kappa shape index (κ2) is 13.3. The quantitative estimate of drug-likeness (QED) is 0.133. The van der Waals surface area contributed by atoms with Crippen molar-refractivity contribution in [1.29, 1.82) is 0 Å². The molecule has 0 fully saturated rings. The van der Waals surface area contributed by atoms with E-state index in [4.69, 9.17) is 0 Å².